The summed E-state index contributed by atoms with van der Waals surface area (Å²) in [6, 6.07) is 19.8. The maximum atomic E-state index is 11.2. The van der Waals surface area contributed by atoms with Crippen LogP contribution in [-0.4, -0.2) is 29.3 Å². The van der Waals surface area contributed by atoms with Crippen LogP contribution in [0.3, 0.4) is 0 Å². The molecule has 7 heteroatoms. The van der Waals surface area contributed by atoms with Crippen molar-refractivity contribution in [3.05, 3.63) is 94.5 Å². The second-order valence-electron chi connectivity index (χ2n) is 6.73. The van der Waals surface area contributed by atoms with Gasteiger partial charge in [0.05, 0.1) is 29.9 Å². The van der Waals surface area contributed by atoms with Crippen molar-refractivity contribution in [1.82, 2.24) is 0 Å². The maximum Gasteiger partial charge on any atom is 0.335 e. The molecule has 0 aromatic heterocycles. The third-order valence-corrected chi connectivity index (χ3v) is 4.65. The summed E-state index contributed by atoms with van der Waals surface area (Å²) in [6.07, 6.45) is 1.63. The van der Waals surface area contributed by atoms with Crippen LogP contribution in [0.2, 0.25) is 0 Å². The number of methoxy groups -OCH3 is 1. The van der Waals surface area contributed by atoms with Crippen molar-refractivity contribution in [2.45, 2.75) is 6.61 Å². The number of carboxylic acids is 2. The van der Waals surface area contributed by atoms with Gasteiger partial charge in [0.1, 0.15) is 6.61 Å². The molecular weight excluding hydrogens is 410 g/mol. The monoisotopic (exact) mass is 429 g/mol. The third kappa shape index (κ3) is 5.12. The Labute approximate surface area is 184 Å². The number of aromatic carboxylic acids is 2. The number of rotatable bonds is 8. The van der Waals surface area contributed by atoms with Crippen molar-refractivity contribution in [1.29, 1.82) is 5.26 Å². The highest BCUT2D eigenvalue weighted by molar-refractivity contribution is 5.93. The topological polar surface area (TPSA) is 117 Å². The van der Waals surface area contributed by atoms with Gasteiger partial charge in [-0.2, -0.15) is 5.26 Å². The molecule has 0 fully saturated rings. The van der Waals surface area contributed by atoms with E-state index in [1.807, 2.05) is 0 Å². The smallest absolute Gasteiger partial charge is 0.335 e. The first-order valence-electron chi connectivity index (χ1n) is 9.50. The van der Waals surface area contributed by atoms with Gasteiger partial charge in [-0.15, -0.1) is 0 Å². The highest BCUT2D eigenvalue weighted by Gasteiger charge is 2.13. The zero-order valence-corrected chi connectivity index (χ0v) is 17.1. The zero-order chi connectivity index (χ0) is 23.1. The predicted octanol–water partition coefficient (Wildman–Crippen LogP) is 4.73. The molecule has 0 aliphatic carbocycles. The minimum absolute atomic E-state index is 0.0948. The van der Waals surface area contributed by atoms with Gasteiger partial charge in [-0.3, -0.25) is 0 Å². The summed E-state index contributed by atoms with van der Waals surface area (Å²) in [5.41, 5.74) is 2.39. The molecule has 3 aromatic carbocycles. The van der Waals surface area contributed by atoms with E-state index < -0.39 is 11.9 Å². The molecule has 0 aliphatic heterocycles. The summed E-state index contributed by atoms with van der Waals surface area (Å²) >= 11 is 0. The number of hydrogen-bond donors (Lipinski definition) is 2. The molecule has 0 bridgehead atoms. The normalized spacial score (nSPS) is 10.8. The number of hydrogen-bond acceptors (Lipinski definition) is 5. The first-order chi connectivity index (χ1) is 15.4. The van der Waals surface area contributed by atoms with Crippen LogP contribution in [0.5, 0.6) is 11.5 Å². The van der Waals surface area contributed by atoms with E-state index in [4.69, 9.17) is 14.6 Å². The lowest BCUT2D eigenvalue weighted by molar-refractivity contribution is 0.0686. The lowest BCUT2D eigenvalue weighted by Crippen LogP contribution is -2.02. The Hall–Kier alpha value is -4.57. The highest BCUT2D eigenvalue weighted by Crippen LogP contribution is 2.34. The Morgan fingerprint density at radius 3 is 2.22 bits per heavy atom. The molecular formula is C25H19NO6. The van der Waals surface area contributed by atoms with Crippen LogP contribution in [0.4, 0.5) is 0 Å². The van der Waals surface area contributed by atoms with Gasteiger partial charge >= 0.3 is 11.9 Å². The summed E-state index contributed by atoms with van der Waals surface area (Å²) in [7, 11) is 1.50. The number of ether oxygens (including phenoxy) is 2. The van der Waals surface area contributed by atoms with Gasteiger partial charge in [0.15, 0.2) is 11.5 Å². The number of nitrogens with zero attached hydrogens (tertiary/aromatic N) is 1. The fraction of sp³-hybridized carbons (Fsp3) is 0.0800. The second-order valence-corrected chi connectivity index (χ2v) is 6.73. The van der Waals surface area contributed by atoms with Crippen molar-refractivity contribution in [3.8, 4) is 17.6 Å². The van der Waals surface area contributed by atoms with Crippen LogP contribution >= 0.6 is 0 Å². The molecule has 0 radical (unpaired) electrons. The van der Waals surface area contributed by atoms with Crippen LogP contribution < -0.4 is 9.47 Å². The van der Waals surface area contributed by atoms with Gasteiger partial charge < -0.3 is 19.7 Å². The van der Waals surface area contributed by atoms with Gasteiger partial charge in [0.2, 0.25) is 0 Å². The van der Waals surface area contributed by atoms with Crippen LogP contribution in [0.1, 0.15) is 37.4 Å². The number of allylic oxidation sites excluding steroid dienone is 1. The number of benzene rings is 3. The van der Waals surface area contributed by atoms with Crippen molar-refractivity contribution in [2.24, 2.45) is 0 Å². The quantitative estimate of drug-likeness (QED) is 0.392. The third-order valence-electron chi connectivity index (χ3n) is 4.65. The van der Waals surface area contributed by atoms with E-state index in [0.29, 0.717) is 33.8 Å². The Kier molecular flexibility index (Phi) is 6.88. The van der Waals surface area contributed by atoms with E-state index in [2.05, 4.69) is 6.07 Å². The highest BCUT2D eigenvalue weighted by atomic mass is 16.5. The summed E-state index contributed by atoms with van der Waals surface area (Å²) in [5, 5.41) is 27.9. The standard InChI is InChI=1S/C25H19NO6/c1-31-22-7-3-5-19(13-21(14-26)17-8-10-18(11-9-17)24(27)28)23(22)32-15-16-4-2-6-20(12-16)25(29)30/h2-13H,15H2,1H3,(H,27,28)(H,29,30). The van der Waals surface area contributed by atoms with Crippen molar-refractivity contribution < 1.29 is 29.3 Å². The number of para-hydroxylation sites is 1. The molecule has 0 saturated carbocycles. The molecule has 160 valence electrons. The number of nitriles is 1. The molecule has 0 heterocycles. The zero-order valence-electron chi connectivity index (χ0n) is 17.1. The second kappa shape index (κ2) is 9.96. The Balaban J connectivity index is 1.94. The molecule has 7 nitrogen and oxygen atoms in total. The van der Waals surface area contributed by atoms with Gasteiger partial charge in [-0.25, -0.2) is 9.59 Å². The van der Waals surface area contributed by atoms with Crippen molar-refractivity contribution >= 4 is 23.6 Å². The first kappa shape index (κ1) is 22.1. The molecule has 0 unspecified atom stereocenters. The number of carbonyl (C=O) groups is 2. The molecule has 3 rings (SSSR count). The Morgan fingerprint density at radius 1 is 0.938 bits per heavy atom. The van der Waals surface area contributed by atoms with E-state index >= 15 is 0 Å². The first-order valence-corrected chi connectivity index (χ1v) is 9.50. The van der Waals surface area contributed by atoms with E-state index in [1.54, 1.807) is 48.5 Å². The van der Waals surface area contributed by atoms with E-state index in [-0.39, 0.29) is 17.7 Å². The molecule has 0 aliphatic rings. The summed E-state index contributed by atoms with van der Waals surface area (Å²) in [4.78, 5) is 22.3. The van der Waals surface area contributed by atoms with Crippen LogP contribution in [-0.2, 0) is 6.61 Å². The SMILES string of the molecule is COc1cccc(C=C(C#N)c2ccc(C(=O)O)cc2)c1OCc1cccc(C(=O)O)c1. The minimum Gasteiger partial charge on any atom is -0.493 e. The molecule has 0 spiro atoms. The van der Waals surface area contributed by atoms with Gasteiger partial charge in [0, 0.05) is 5.56 Å². The van der Waals surface area contributed by atoms with Crippen LogP contribution in [0.15, 0.2) is 66.7 Å². The largest absolute Gasteiger partial charge is 0.493 e. The Bertz CT molecular complexity index is 1220. The van der Waals surface area contributed by atoms with Gasteiger partial charge in [-0.1, -0.05) is 36.4 Å². The molecule has 0 atom stereocenters. The number of carboxylic acid groups (broad SMARTS) is 2. The predicted molar refractivity (Wildman–Crippen MR) is 118 cm³/mol. The minimum atomic E-state index is -1.05. The molecule has 0 saturated heterocycles. The lowest BCUT2D eigenvalue weighted by atomic mass is 10.0. The maximum absolute atomic E-state index is 11.2. The average Bonchev–Trinajstić information content (AvgIpc) is 2.81. The van der Waals surface area contributed by atoms with E-state index in [9.17, 15) is 20.0 Å². The van der Waals surface area contributed by atoms with Gasteiger partial charge in [-0.05, 0) is 47.5 Å². The molecule has 2 N–H and O–H groups in total. The molecule has 3 aromatic rings. The fourth-order valence-electron chi connectivity index (χ4n) is 3.04. The van der Waals surface area contributed by atoms with E-state index in [0.717, 1.165) is 0 Å². The van der Waals surface area contributed by atoms with E-state index in [1.165, 1.54) is 31.4 Å². The van der Waals surface area contributed by atoms with Crippen molar-refractivity contribution in [3.63, 3.8) is 0 Å². The average molecular weight is 429 g/mol. The van der Waals surface area contributed by atoms with Crippen LogP contribution in [0, 0.1) is 11.3 Å². The molecule has 32 heavy (non-hydrogen) atoms. The van der Waals surface area contributed by atoms with Gasteiger partial charge in [0.25, 0.3) is 0 Å². The summed E-state index contributed by atoms with van der Waals surface area (Å²) in [6.45, 7) is 0.0948. The summed E-state index contributed by atoms with van der Waals surface area (Å²) < 4.78 is 11.4. The fourth-order valence-corrected chi connectivity index (χ4v) is 3.04. The van der Waals surface area contributed by atoms with Crippen molar-refractivity contribution in [2.75, 3.05) is 7.11 Å². The lowest BCUT2D eigenvalue weighted by Gasteiger charge is -2.14. The molecule has 0 amide bonds. The van der Waals surface area contributed by atoms with Crippen LogP contribution in [0.25, 0.3) is 11.6 Å². The summed E-state index contributed by atoms with van der Waals surface area (Å²) in [5.74, 6) is -1.23. The Morgan fingerprint density at radius 2 is 1.59 bits per heavy atom.